The molecule has 0 atom stereocenters. The molecule has 0 bridgehead atoms. The molecule has 0 aliphatic heterocycles. The summed E-state index contributed by atoms with van der Waals surface area (Å²) < 4.78 is 71.6. The van der Waals surface area contributed by atoms with Crippen molar-refractivity contribution in [1.29, 1.82) is 0 Å². The summed E-state index contributed by atoms with van der Waals surface area (Å²) in [4.78, 5) is 12.5. The molecule has 31 heavy (non-hydrogen) atoms. The highest BCUT2D eigenvalue weighted by Gasteiger charge is 2.33. The van der Waals surface area contributed by atoms with Crippen LogP contribution >= 0.6 is 0 Å². The Kier molecular flexibility index (Phi) is 5.16. The van der Waals surface area contributed by atoms with Crippen molar-refractivity contribution in [2.45, 2.75) is 25.1 Å². The van der Waals surface area contributed by atoms with Crippen molar-refractivity contribution in [3.05, 3.63) is 65.4 Å². The van der Waals surface area contributed by atoms with Gasteiger partial charge in [0.2, 0.25) is 0 Å². The van der Waals surface area contributed by atoms with Crippen molar-refractivity contribution in [2.75, 3.05) is 5.32 Å². The van der Waals surface area contributed by atoms with E-state index >= 15 is 0 Å². The molecule has 1 aliphatic carbocycles. The Morgan fingerprint density at radius 3 is 2.42 bits per heavy atom. The van der Waals surface area contributed by atoms with Gasteiger partial charge in [-0.15, -0.1) is 13.2 Å². The summed E-state index contributed by atoms with van der Waals surface area (Å²) in [6.45, 7) is 0. The molecular weight excluding hydrogens is 421 g/mol. The van der Waals surface area contributed by atoms with Crippen LogP contribution in [0, 0.1) is 11.6 Å². The largest absolute Gasteiger partial charge is 0.573 e. The Labute approximate surface area is 173 Å². The lowest BCUT2D eigenvalue weighted by Gasteiger charge is -2.14. The number of aryl methyl sites for hydroxylation is 1. The van der Waals surface area contributed by atoms with Crippen molar-refractivity contribution in [3.8, 4) is 17.0 Å². The molecule has 0 spiro atoms. The van der Waals surface area contributed by atoms with Gasteiger partial charge >= 0.3 is 6.36 Å². The van der Waals surface area contributed by atoms with Gasteiger partial charge in [-0.25, -0.2) is 8.78 Å². The highest BCUT2D eigenvalue weighted by atomic mass is 19.4. The fraction of sp³-hybridized carbons (Fsp3) is 0.238. The zero-order valence-corrected chi connectivity index (χ0v) is 16.1. The molecule has 4 rings (SSSR count). The summed E-state index contributed by atoms with van der Waals surface area (Å²) in [7, 11) is 1.44. The lowest BCUT2D eigenvalue weighted by molar-refractivity contribution is -0.274. The molecule has 1 aliphatic rings. The molecule has 1 aromatic heterocycles. The van der Waals surface area contributed by atoms with E-state index in [2.05, 4.69) is 15.2 Å². The minimum atomic E-state index is -4.91. The lowest BCUT2D eigenvalue weighted by Crippen LogP contribution is -2.18. The molecule has 1 amide bonds. The standard InChI is InChI=1S/C21H16F5N3O2/c1-29-17(10-16(28-29)20(30)27-19-14(22)3-2-4-15(19)23)13-9-12(11-5-6-11)7-8-18(13)31-21(24,25)26/h2-4,7-11H,5-6H2,1H3,(H,27,30). The number of hydrogen-bond acceptors (Lipinski definition) is 3. The summed E-state index contributed by atoms with van der Waals surface area (Å²) in [5, 5.41) is 6.10. The number of halogens is 5. The van der Waals surface area contributed by atoms with Gasteiger partial charge in [0.25, 0.3) is 5.91 Å². The fourth-order valence-corrected chi connectivity index (χ4v) is 3.26. The number of hydrogen-bond donors (Lipinski definition) is 1. The Balaban J connectivity index is 1.70. The van der Waals surface area contributed by atoms with Gasteiger partial charge in [0.15, 0.2) is 5.69 Å². The highest BCUT2D eigenvalue weighted by Crippen LogP contribution is 2.44. The molecule has 1 heterocycles. The van der Waals surface area contributed by atoms with Crippen molar-refractivity contribution in [1.82, 2.24) is 9.78 Å². The second-order valence-electron chi connectivity index (χ2n) is 7.17. The van der Waals surface area contributed by atoms with Gasteiger partial charge in [-0.05, 0) is 54.7 Å². The average molecular weight is 437 g/mol. The minimum absolute atomic E-state index is 0.104. The number of benzene rings is 2. The predicted molar refractivity (Wildman–Crippen MR) is 102 cm³/mol. The molecule has 2 aromatic carbocycles. The molecule has 1 saturated carbocycles. The summed E-state index contributed by atoms with van der Waals surface area (Å²) in [5.41, 5.74) is 0.269. The number of nitrogens with zero attached hydrogens (tertiary/aromatic N) is 2. The van der Waals surface area contributed by atoms with E-state index in [9.17, 15) is 26.7 Å². The number of carbonyl (C=O) groups is 1. The minimum Gasteiger partial charge on any atom is -0.405 e. The third-order valence-corrected chi connectivity index (χ3v) is 4.87. The Hall–Kier alpha value is -3.43. The normalized spacial score (nSPS) is 13.9. The van der Waals surface area contributed by atoms with Crippen LogP contribution in [0.15, 0.2) is 42.5 Å². The number of amides is 1. The number of nitrogens with one attached hydrogen (secondary N) is 1. The zero-order valence-electron chi connectivity index (χ0n) is 16.1. The van der Waals surface area contributed by atoms with Gasteiger partial charge in [0.1, 0.15) is 23.1 Å². The molecule has 0 saturated heterocycles. The van der Waals surface area contributed by atoms with Gasteiger partial charge in [0, 0.05) is 12.6 Å². The van der Waals surface area contributed by atoms with Crippen LogP contribution in [0.2, 0.25) is 0 Å². The van der Waals surface area contributed by atoms with Crippen molar-refractivity contribution in [3.63, 3.8) is 0 Å². The fourth-order valence-electron chi connectivity index (χ4n) is 3.26. The molecule has 3 aromatic rings. The molecule has 1 N–H and O–H groups in total. The van der Waals surface area contributed by atoms with E-state index in [1.807, 2.05) is 0 Å². The van der Waals surface area contributed by atoms with E-state index in [0.29, 0.717) is 0 Å². The van der Waals surface area contributed by atoms with Gasteiger partial charge in [-0.2, -0.15) is 5.10 Å². The molecule has 5 nitrogen and oxygen atoms in total. The van der Waals surface area contributed by atoms with Gasteiger partial charge in [-0.1, -0.05) is 12.1 Å². The van der Waals surface area contributed by atoms with Crippen LogP contribution in [-0.4, -0.2) is 22.1 Å². The van der Waals surface area contributed by atoms with E-state index < -0.39 is 35.3 Å². The predicted octanol–water partition coefficient (Wildman–Crippen LogP) is 5.39. The molecular formula is C21H16F5N3O2. The maximum Gasteiger partial charge on any atom is 0.573 e. The summed E-state index contributed by atoms with van der Waals surface area (Å²) in [6, 6.07) is 8.73. The smallest absolute Gasteiger partial charge is 0.405 e. The number of alkyl halides is 3. The molecule has 0 radical (unpaired) electrons. The van der Waals surface area contributed by atoms with Gasteiger partial charge in [-0.3, -0.25) is 9.48 Å². The summed E-state index contributed by atoms with van der Waals surface area (Å²) >= 11 is 0. The van der Waals surface area contributed by atoms with E-state index in [1.165, 1.54) is 23.9 Å². The SMILES string of the molecule is Cn1nc(C(=O)Nc2c(F)cccc2F)cc1-c1cc(C2CC2)ccc1OC(F)(F)F. The molecule has 10 heteroatoms. The molecule has 162 valence electrons. The van der Waals surface area contributed by atoms with Crippen molar-refractivity contribution < 1.29 is 31.5 Å². The lowest BCUT2D eigenvalue weighted by atomic mass is 10.0. The van der Waals surface area contributed by atoms with Crippen LogP contribution in [0.1, 0.15) is 34.8 Å². The van der Waals surface area contributed by atoms with E-state index in [1.54, 1.807) is 12.1 Å². The van der Waals surface area contributed by atoms with Crippen LogP contribution in [0.3, 0.4) is 0 Å². The third-order valence-electron chi connectivity index (χ3n) is 4.87. The topological polar surface area (TPSA) is 56.2 Å². The molecule has 1 fully saturated rings. The highest BCUT2D eigenvalue weighted by molar-refractivity contribution is 6.03. The summed E-state index contributed by atoms with van der Waals surface area (Å²) in [6.07, 6.45) is -3.03. The van der Waals surface area contributed by atoms with E-state index in [-0.39, 0.29) is 22.9 Å². The first-order chi connectivity index (χ1) is 14.6. The molecule has 0 unspecified atom stereocenters. The van der Waals surface area contributed by atoms with Crippen LogP contribution in [-0.2, 0) is 7.05 Å². The third kappa shape index (κ3) is 4.52. The van der Waals surface area contributed by atoms with Gasteiger partial charge < -0.3 is 10.1 Å². The van der Waals surface area contributed by atoms with Crippen molar-refractivity contribution in [2.24, 2.45) is 7.05 Å². The number of rotatable bonds is 5. The monoisotopic (exact) mass is 437 g/mol. The van der Waals surface area contributed by atoms with E-state index in [0.717, 1.165) is 36.6 Å². The zero-order chi connectivity index (χ0) is 22.3. The van der Waals surface area contributed by atoms with Crippen LogP contribution < -0.4 is 10.1 Å². The second kappa shape index (κ2) is 7.68. The quantitative estimate of drug-likeness (QED) is 0.545. The summed E-state index contributed by atoms with van der Waals surface area (Å²) in [5.74, 6) is -3.03. The van der Waals surface area contributed by atoms with Crippen molar-refractivity contribution >= 4 is 11.6 Å². The first-order valence-electron chi connectivity index (χ1n) is 9.32. The van der Waals surface area contributed by atoms with Crippen LogP contribution in [0.5, 0.6) is 5.75 Å². The number of carbonyl (C=O) groups excluding carboxylic acids is 1. The second-order valence-corrected chi connectivity index (χ2v) is 7.17. The number of anilines is 1. The van der Waals surface area contributed by atoms with Crippen LogP contribution in [0.25, 0.3) is 11.3 Å². The maximum atomic E-state index is 13.8. The Morgan fingerprint density at radius 2 is 1.81 bits per heavy atom. The number of para-hydroxylation sites is 1. The van der Waals surface area contributed by atoms with Crippen LogP contribution in [0.4, 0.5) is 27.6 Å². The average Bonchev–Trinajstić information content (AvgIpc) is 3.46. The Bertz CT molecular complexity index is 1130. The van der Waals surface area contributed by atoms with E-state index in [4.69, 9.17) is 0 Å². The first kappa shape index (κ1) is 20.8. The first-order valence-corrected chi connectivity index (χ1v) is 9.32. The Morgan fingerprint density at radius 1 is 1.13 bits per heavy atom. The number of ether oxygens (including phenoxy) is 1. The maximum absolute atomic E-state index is 13.8. The van der Waals surface area contributed by atoms with Gasteiger partial charge in [0.05, 0.1) is 5.69 Å². The number of aromatic nitrogens is 2.